The van der Waals surface area contributed by atoms with E-state index >= 15 is 0 Å². The van der Waals surface area contributed by atoms with Crippen LogP contribution in [0, 0.1) is 5.92 Å². The Bertz CT molecular complexity index is 513. The summed E-state index contributed by atoms with van der Waals surface area (Å²) in [7, 11) is 1.54. The Balaban J connectivity index is 2.09. The Labute approximate surface area is 117 Å². The lowest BCUT2D eigenvalue weighted by Crippen LogP contribution is -2.37. The van der Waals surface area contributed by atoms with E-state index in [0.717, 1.165) is 0 Å². The van der Waals surface area contributed by atoms with Crippen LogP contribution in [0.2, 0.25) is 0 Å². The zero-order chi connectivity index (χ0) is 14.5. The molecule has 2 N–H and O–H groups in total. The molecule has 1 amide bonds. The molecule has 0 saturated heterocycles. The number of hydrogen-bond acceptors (Lipinski definition) is 3. The van der Waals surface area contributed by atoms with Gasteiger partial charge in [-0.1, -0.05) is 24.3 Å². The average Bonchev–Trinajstić information content (AvgIpc) is 2.98. The molecular formula is C15H17NO4. The van der Waals surface area contributed by atoms with Crippen LogP contribution in [0.1, 0.15) is 24.4 Å². The number of carboxylic acids is 1. The molecule has 1 unspecified atom stereocenters. The molecule has 0 radical (unpaired) electrons. The van der Waals surface area contributed by atoms with Crippen LogP contribution >= 0.6 is 0 Å². The van der Waals surface area contributed by atoms with Crippen molar-refractivity contribution in [3.8, 4) is 5.75 Å². The number of hydrogen-bond donors (Lipinski definition) is 2. The van der Waals surface area contributed by atoms with Crippen molar-refractivity contribution in [2.24, 2.45) is 5.92 Å². The lowest BCUT2D eigenvalue weighted by atomic mass is 10.0. The van der Waals surface area contributed by atoms with Gasteiger partial charge in [0.15, 0.2) is 6.04 Å². The minimum absolute atomic E-state index is 0.157. The number of carbonyl (C=O) groups excluding carboxylic acids is 1. The molecule has 2 rings (SSSR count). The SMILES string of the molecule is COc1ccc(C(NC(=O)C2CC=CC2)C(=O)O)cc1. The summed E-state index contributed by atoms with van der Waals surface area (Å²) in [4.78, 5) is 23.4. The second-order valence-electron chi connectivity index (χ2n) is 4.69. The molecule has 1 aliphatic rings. The maximum atomic E-state index is 12.0. The highest BCUT2D eigenvalue weighted by atomic mass is 16.5. The van der Waals surface area contributed by atoms with Crippen molar-refractivity contribution in [2.45, 2.75) is 18.9 Å². The summed E-state index contributed by atoms with van der Waals surface area (Å²) in [6.45, 7) is 0. The van der Waals surface area contributed by atoms with Gasteiger partial charge in [0, 0.05) is 5.92 Å². The van der Waals surface area contributed by atoms with E-state index in [4.69, 9.17) is 4.74 Å². The summed E-state index contributed by atoms with van der Waals surface area (Å²) < 4.78 is 5.03. The minimum Gasteiger partial charge on any atom is -0.497 e. The number of benzene rings is 1. The van der Waals surface area contributed by atoms with Gasteiger partial charge >= 0.3 is 5.97 Å². The molecule has 1 aromatic carbocycles. The fourth-order valence-electron chi connectivity index (χ4n) is 2.18. The Morgan fingerprint density at radius 1 is 1.25 bits per heavy atom. The first-order valence-electron chi connectivity index (χ1n) is 6.44. The van der Waals surface area contributed by atoms with E-state index in [1.54, 1.807) is 31.4 Å². The highest BCUT2D eigenvalue weighted by Crippen LogP contribution is 2.22. The Morgan fingerprint density at radius 3 is 2.35 bits per heavy atom. The summed E-state index contributed by atoms with van der Waals surface area (Å²) in [5, 5.41) is 11.9. The van der Waals surface area contributed by atoms with Crippen molar-refractivity contribution in [2.75, 3.05) is 7.11 Å². The Morgan fingerprint density at radius 2 is 1.85 bits per heavy atom. The first-order valence-corrected chi connectivity index (χ1v) is 6.44. The average molecular weight is 275 g/mol. The van der Waals surface area contributed by atoms with Crippen molar-refractivity contribution < 1.29 is 19.4 Å². The number of carbonyl (C=O) groups is 2. The number of aliphatic carboxylic acids is 1. The zero-order valence-corrected chi connectivity index (χ0v) is 11.2. The standard InChI is InChI=1S/C15H17NO4/c1-20-12-8-6-10(7-9-12)13(15(18)19)16-14(17)11-4-2-3-5-11/h2-3,6-9,11,13H,4-5H2,1H3,(H,16,17)(H,18,19). The van der Waals surface area contributed by atoms with E-state index in [9.17, 15) is 14.7 Å². The van der Waals surface area contributed by atoms with Crippen LogP contribution in [0.15, 0.2) is 36.4 Å². The summed E-state index contributed by atoms with van der Waals surface area (Å²) >= 11 is 0. The van der Waals surface area contributed by atoms with Crippen LogP contribution in [-0.2, 0) is 9.59 Å². The third-order valence-corrected chi connectivity index (χ3v) is 3.36. The summed E-state index contributed by atoms with van der Waals surface area (Å²) in [6, 6.07) is 5.60. The van der Waals surface area contributed by atoms with Crippen molar-refractivity contribution in [1.82, 2.24) is 5.32 Å². The van der Waals surface area contributed by atoms with Gasteiger partial charge in [0.05, 0.1) is 7.11 Å². The number of nitrogens with one attached hydrogen (secondary N) is 1. The number of ether oxygens (including phenoxy) is 1. The van der Waals surface area contributed by atoms with Crippen LogP contribution in [0.5, 0.6) is 5.75 Å². The van der Waals surface area contributed by atoms with Crippen LogP contribution in [0.3, 0.4) is 0 Å². The first kappa shape index (κ1) is 14.1. The second kappa shape index (κ2) is 6.23. The lowest BCUT2D eigenvalue weighted by molar-refractivity contribution is -0.142. The molecule has 5 heteroatoms. The molecule has 0 bridgehead atoms. The summed E-state index contributed by atoms with van der Waals surface area (Å²) in [6.07, 6.45) is 5.21. The number of carboxylic acid groups (broad SMARTS) is 1. The third-order valence-electron chi connectivity index (χ3n) is 3.36. The predicted molar refractivity (Wildman–Crippen MR) is 73.4 cm³/mol. The van der Waals surface area contributed by atoms with E-state index in [-0.39, 0.29) is 11.8 Å². The quantitative estimate of drug-likeness (QED) is 0.805. The van der Waals surface area contributed by atoms with Crippen LogP contribution in [0.25, 0.3) is 0 Å². The number of allylic oxidation sites excluding steroid dienone is 2. The molecule has 0 spiro atoms. The molecule has 106 valence electrons. The largest absolute Gasteiger partial charge is 0.497 e. The molecule has 1 aliphatic carbocycles. The highest BCUT2D eigenvalue weighted by molar-refractivity contribution is 5.86. The van der Waals surface area contributed by atoms with Gasteiger partial charge in [0.1, 0.15) is 5.75 Å². The van der Waals surface area contributed by atoms with E-state index < -0.39 is 12.0 Å². The van der Waals surface area contributed by atoms with Gasteiger partial charge < -0.3 is 15.2 Å². The Hall–Kier alpha value is -2.30. The fourth-order valence-corrected chi connectivity index (χ4v) is 2.18. The van der Waals surface area contributed by atoms with Gasteiger partial charge in [-0.05, 0) is 30.5 Å². The van der Waals surface area contributed by atoms with Gasteiger partial charge in [-0.15, -0.1) is 0 Å². The molecule has 20 heavy (non-hydrogen) atoms. The van der Waals surface area contributed by atoms with Crippen molar-refractivity contribution >= 4 is 11.9 Å². The van der Waals surface area contributed by atoms with Crippen molar-refractivity contribution in [3.63, 3.8) is 0 Å². The number of rotatable bonds is 5. The molecule has 0 fully saturated rings. The second-order valence-corrected chi connectivity index (χ2v) is 4.69. The highest BCUT2D eigenvalue weighted by Gasteiger charge is 2.26. The lowest BCUT2D eigenvalue weighted by Gasteiger charge is -2.18. The molecule has 0 saturated carbocycles. The monoisotopic (exact) mass is 275 g/mol. The molecule has 1 aromatic rings. The van der Waals surface area contributed by atoms with Crippen molar-refractivity contribution in [1.29, 1.82) is 0 Å². The van der Waals surface area contributed by atoms with E-state index in [0.29, 0.717) is 24.2 Å². The third kappa shape index (κ3) is 3.17. The first-order chi connectivity index (χ1) is 9.61. The number of amides is 1. The molecule has 0 aliphatic heterocycles. The Kier molecular flexibility index (Phi) is 4.40. The van der Waals surface area contributed by atoms with E-state index in [1.165, 1.54) is 0 Å². The molecule has 1 atom stereocenters. The zero-order valence-electron chi connectivity index (χ0n) is 11.2. The topological polar surface area (TPSA) is 75.6 Å². The van der Waals surface area contributed by atoms with Crippen LogP contribution in [-0.4, -0.2) is 24.1 Å². The van der Waals surface area contributed by atoms with Gasteiger partial charge in [0.2, 0.25) is 5.91 Å². The summed E-state index contributed by atoms with van der Waals surface area (Å²) in [5.41, 5.74) is 0.526. The minimum atomic E-state index is -1.07. The fraction of sp³-hybridized carbons (Fsp3) is 0.333. The van der Waals surface area contributed by atoms with Gasteiger partial charge in [0.25, 0.3) is 0 Å². The van der Waals surface area contributed by atoms with Crippen LogP contribution in [0.4, 0.5) is 0 Å². The maximum absolute atomic E-state index is 12.0. The number of methoxy groups -OCH3 is 1. The normalized spacial score (nSPS) is 15.8. The molecule has 5 nitrogen and oxygen atoms in total. The van der Waals surface area contributed by atoms with E-state index in [2.05, 4.69) is 5.32 Å². The van der Waals surface area contributed by atoms with Crippen LogP contribution < -0.4 is 10.1 Å². The predicted octanol–water partition coefficient (Wildman–Crippen LogP) is 1.90. The van der Waals surface area contributed by atoms with Crippen molar-refractivity contribution in [3.05, 3.63) is 42.0 Å². The van der Waals surface area contributed by atoms with Gasteiger partial charge in [-0.25, -0.2) is 4.79 Å². The van der Waals surface area contributed by atoms with Gasteiger partial charge in [-0.3, -0.25) is 4.79 Å². The summed E-state index contributed by atoms with van der Waals surface area (Å²) in [5.74, 6) is -0.813. The maximum Gasteiger partial charge on any atom is 0.330 e. The van der Waals surface area contributed by atoms with E-state index in [1.807, 2.05) is 12.2 Å². The molecular weight excluding hydrogens is 258 g/mol. The molecule has 0 heterocycles. The molecule has 0 aromatic heterocycles. The van der Waals surface area contributed by atoms with Gasteiger partial charge in [-0.2, -0.15) is 0 Å². The smallest absolute Gasteiger partial charge is 0.330 e.